The van der Waals surface area contributed by atoms with Gasteiger partial charge in [-0.2, -0.15) is 0 Å². The monoisotopic (exact) mass is 292 g/mol. The third-order valence-corrected chi connectivity index (χ3v) is 2.95. The lowest BCUT2D eigenvalue weighted by Crippen LogP contribution is -2.07. The first kappa shape index (κ1) is 14.2. The number of hydrogen-bond donors (Lipinski definition) is 1. The first-order valence-electron chi connectivity index (χ1n) is 5.89. The van der Waals surface area contributed by atoms with Gasteiger partial charge in [0.05, 0.1) is 12.1 Å². The van der Waals surface area contributed by atoms with Gasteiger partial charge in [-0.1, -0.05) is 41.9 Å². The number of carbonyl (C=O) groups is 1. The number of hydrogen-bond acceptors (Lipinski definition) is 4. The van der Waals surface area contributed by atoms with E-state index in [-0.39, 0.29) is 28.7 Å². The van der Waals surface area contributed by atoms with Crippen LogP contribution in [-0.4, -0.2) is 18.2 Å². The van der Waals surface area contributed by atoms with Crippen LogP contribution in [0.5, 0.6) is 11.5 Å². The van der Waals surface area contributed by atoms with E-state index in [1.807, 2.05) is 30.3 Å². The largest absolute Gasteiger partial charge is 0.508 e. The van der Waals surface area contributed by atoms with Gasteiger partial charge in [-0.25, -0.2) is 4.79 Å². The van der Waals surface area contributed by atoms with Crippen LogP contribution in [0.25, 0.3) is 0 Å². The summed E-state index contributed by atoms with van der Waals surface area (Å²) in [7, 11) is 1.40. The summed E-state index contributed by atoms with van der Waals surface area (Å²) >= 11 is 5.90. The number of phenolic OH excluding ortho intramolecular Hbond substituents is 1. The summed E-state index contributed by atoms with van der Waals surface area (Å²) in [5.41, 5.74) is 0.958. The standard InChI is InChI=1S/C15H13ClO4/c1-19-14-12(7-11(17)8-13(14)16)15(18)20-9-10-5-3-2-4-6-10/h2-8,17H,9H2,1H3. The molecule has 0 radical (unpaired) electrons. The number of methoxy groups -OCH3 is 1. The molecule has 2 rings (SSSR count). The van der Waals surface area contributed by atoms with Crippen molar-refractivity contribution < 1.29 is 19.4 Å². The quantitative estimate of drug-likeness (QED) is 0.877. The number of ether oxygens (including phenoxy) is 2. The summed E-state index contributed by atoms with van der Waals surface area (Å²) < 4.78 is 10.2. The molecular weight excluding hydrogens is 280 g/mol. The van der Waals surface area contributed by atoms with Crippen molar-refractivity contribution in [3.05, 3.63) is 58.6 Å². The fourth-order valence-corrected chi connectivity index (χ4v) is 2.03. The Morgan fingerprint density at radius 3 is 2.60 bits per heavy atom. The van der Waals surface area contributed by atoms with Gasteiger partial charge in [-0.15, -0.1) is 0 Å². The van der Waals surface area contributed by atoms with Gasteiger partial charge < -0.3 is 14.6 Å². The van der Waals surface area contributed by atoms with E-state index in [0.717, 1.165) is 5.56 Å². The van der Waals surface area contributed by atoms with Gasteiger partial charge >= 0.3 is 5.97 Å². The molecule has 0 aromatic heterocycles. The fraction of sp³-hybridized carbons (Fsp3) is 0.133. The van der Waals surface area contributed by atoms with Crippen LogP contribution >= 0.6 is 11.6 Å². The van der Waals surface area contributed by atoms with Crippen LogP contribution in [0.15, 0.2) is 42.5 Å². The molecule has 0 saturated carbocycles. The van der Waals surface area contributed by atoms with Crippen LogP contribution in [0.3, 0.4) is 0 Å². The maximum atomic E-state index is 12.0. The maximum Gasteiger partial charge on any atom is 0.342 e. The second-order valence-electron chi connectivity index (χ2n) is 4.07. The van der Waals surface area contributed by atoms with Crippen molar-refractivity contribution in [1.29, 1.82) is 0 Å². The maximum absolute atomic E-state index is 12.0. The molecule has 0 bridgehead atoms. The van der Waals surface area contributed by atoms with Crippen molar-refractivity contribution in [2.45, 2.75) is 6.61 Å². The lowest BCUT2D eigenvalue weighted by atomic mass is 10.2. The summed E-state index contributed by atoms with van der Waals surface area (Å²) in [6.07, 6.45) is 0. The van der Waals surface area contributed by atoms with Crippen LogP contribution in [0.2, 0.25) is 5.02 Å². The molecule has 2 aromatic carbocycles. The van der Waals surface area contributed by atoms with E-state index in [2.05, 4.69) is 0 Å². The zero-order valence-corrected chi connectivity index (χ0v) is 11.6. The van der Waals surface area contributed by atoms with Gasteiger partial charge in [0.25, 0.3) is 0 Å². The molecule has 0 saturated heterocycles. The van der Waals surface area contributed by atoms with Gasteiger partial charge in [-0.3, -0.25) is 0 Å². The molecule has 0 aliphatic heterocycles. The highest BCUT2D eigenvalue weighted by Gasteiger charge is 2.18. The predicted octanol–water partition coefficient (Wildman–Crippen LogP) is 3.41. The van der Waals surface area contributed by atoms with Crippen molar-refractivity contribution >= 4 is 17.6 Å². The van der Waals surface area contributed by atoms with Crippen molar-refractivity contribution in [3.8, 4) is 11.5 Å². The average Bonchev–Trinajstić information content (AvgIpc) is 2.45. The Labute approximate surface area is 121 Å². The van der Waals surface area contributed by atoms with E-state index in [1.54, 1.807) is 0 Å². The van der Waals surface area contributed by atoms with Crippen LogP contribution in [0, 0.1) is 0 Å². The van der Waals surface area contributed by atoms with Crippen molar-refractivity contribution in [3.63, 3.8) is 0 Å². The number of benzene rings is 2. The van der Waals surface area contributed by atoms with Crippen LogP contribution in [0.4, 0.5) is 0 Å². The molecule has 5 heteroatoms. The molecule has 0 unspecified atom stereocenters. The third-order valence-electron chi connectivity index (χ3n) is 2.67. The first-order valence-corrected chi connectivity index (χ1v) is 6.27. The summed E-state index contributed by atoms with van der Waals surface area (Å²) in [5, 5.41) is 9.65. The zero-order chi connectivity index (χ0) is 14.5. The second kappa shape index (κ2) is 6.30. The Bertz CT molecular complexity index is 611. The second-order valence-corrected chi connectivity index (χ2v) is 4.48. The lowest BCUT2D eigenvalue weighted by molar-refractivity contribution is 0.0468. The van der Waals surface area contributed by atoms with Crippen LogP contribution < -0.4 is 4.74 Å². The van der Waals surface area contributed by atoms with E-state index in [1.165, 1.54) is 19.2 Å². The average molecular weight is 293 g/mol. The van der Waals surface area contributed by atoms with E-state index in [9.17, 15) is 9.90 Å². The molecule has 0 aliphatic carbocycles. The molecule has 0 amide bonds. The minimum Gasteiger partial charge on any atom is -0.508 e. The number of carbonyl (C=O) groups excluding carboxylic acids is 1. The molecule has 0 aliphatic rings. The molecular formula is C15H13ClO4. The molecule has 4 nitrogen and oxygen atoms in total. The highest BCUT2D eigenvalue weighted by molar-refractivity contribution is 6.32. The van der Waals surface area contributed by atoms with Gasteiger partial charge in [0, 0.05) is 6.07 Å². The zero-order valence-electron chi connectivity index (χ0n) is 10.8. The van der Waals surface area contributed by atoms with E-state index in [4.69, 9.17) is 21.1 Å². The topological polar surface area (TPSA) is 55.8 Å². The minimum atomic E-state index is -0.608. The number of phenols is 1. The van der Waals surface area contributed by atoms with E-state index >= 15 is 0 Å². The molecule has 0 spiro atoms. The summed E-state index contributed by atoms with van der Waals surface area (Å²) in [6, 6.07) is 11.8. The van der Waals surface area contributed by atoms with Crippen LogP contribution in [0.1, 0.15) is 15.9 Å². The number of esters is 1. The Morgan fingerprint density at radius 1 is 1.25 bits per heavy atom. The number of aromatic hydroxyl groups is 1. The lowest BCUT2D eigenvalue weighted by Gasteiger charge is -2.11. The smallest absolute Gasteiger partial charge is 0.342 e. The molecule has 20 heavy (non-hydrogen) atoms. The highest BCUT2D eigenvalue weighted by atomic mass is 35.5. The fourth-order valence-electron chi connectivity index (χ4n) is 1.74. The normalized spacial score (nSPS) is 10.1. The molecule has 0 heterocycles. The van der Waals surface area contributed by atoms with Gasteiger partial charge in [0.2, 0.25) is 0 Å². The first-order chi connectivity index (χ1) is 9.61. The minimum absolute atomic E-state index is 0.0911. The number of halogens is 1. The molecule has 104 valence electrons. The molecule has 0 atom stereocenters. The van der Waals surface area contributed by atoms with Gasteiger partial charge in [-0.05, 0) is 11.6 Å². The van der Waals surface area contributed by atoms with Gasteiger partial charge in [0.1, 0.15) is 17.9 Å². The summed E-state index contributed by atoms with van der Waals surface area (Å²) in [4.78, 5) is 12.0. The molecule has 1 N–H and O–H groups in total. The summed E-state index contributed by atoms with van der Waals surface area (Å²) in [5.74, 6) is -0.548. The van der Waals surface area contributed by atoms with Crippen molar-refractivity contribution in [2.24, 2.45) is 0 Å². The molecule has 2 aromatic rings. The highest BCUT2D eigenvalue weighted by Crippen LogP contribution is 2.33. The number of rotatable bonds is 4. The van der Waals surface area contributed by atoms with E-state index in [0.29, 0.717) is 0 Å². The van der Waals surface area contributed by atoms with Gasteiger partial charge in [0.15, 0.2) is 5.75 Å². The Kier molecular flexibility index (Phi) is 4.48. The Morgan fingerprint density at radius 2 is 1.95 bits per heavy atom. The predicted molar refractivity (Wildman–Crippen MR) is 75.2 cm³/mol. The third kappa shape index (κ3) is 3.22. The molecule has 0 fully saturated rings. The van der Waals surface area contributed by atoms with Crippen LogP contribution in [-0.2, 0) is 11.3 Å². The SMILES string of the molecule is COc1c(Cl)cc(O)cc1C(=O)OCc1ccccc1. The Balaban J connectivity index is 2.17. The van der Waals surface area contributed by atoms with Crippen molar-refractivity contribution in [1.82, 2.24) is 0 Å². The van der Waals surface area contributed by atoms with E-state index < -0.39 is 5.97 Å². The Hall–Kier alpha value is -2.20. The summed E-state index contributed by atoms with van der Waals surface area (Å²) in [6.45, 7) is 0.135. The van der Waals surface area contributed by atoms with Crippen molar-refractivity contribution in [2.75, 3.05) is 7.11 Å².